The van der Waals surface area contributed by atoms with Gasteiger partial charge >= 0.3 is 0 Å². The van der Waals surface area contributed by atoms with Crippen LogP contribution in [0.15, 0.2) is 18.3 Å². The van der Waals surface area contributed by atoms with Gasteiger partial charge in [-0.2, -0.15) is 0 Å². The van der Waals surface area contributed by atoms with Gasteiger partial charge in [0, 0.05) is 38.8 Å². The van der Waals surface area contributed by atoms with Crippen molar-refractivity contribution in [3.05, 3.63) is 23.9 Å². The number of anilines is 1. The summed E-state index contributed by atoms with van der Waals surface area (Å²) < 4.78 is 0. The van der Waals surface area contributed by atoms with Crippen LogP contribution in [0.25, 0.3) is 0 Å². The maximum atomic E-state index is 11.3. The number of hydrogen-bond acceptors (Lipinski definition) is 4. The molecule has 0 aromatic carbocycles. The Hall–Kier alpha value is -1.62. The molecule has 1 aliphatic rings. The Kier molecular flexibility index (Phi) is 4.52. The fraction of sp³-hybridized carbons (Fsp3) is 0.538. The normalized spacial score (nSPS) is 14.8. The summed E-state index contributed by atoms with van der Waals surface area (Å²) in [5, 5.41) is 2.85. The Morgan fingerprint density at radius 3 is 2.94 bits per heavy atom. The molecule has 0 saturated carbocycles. The van der Waals surface area contributed by atoms with Crippen LogP contribution in [0.3, 0.4) is 0 Å². The van der Waals surface area contributed by atoms with E-state index in [1.54, 1.807) is 6.20 Å². The highest BCUT2D eigenvalue weighted by Gasteiger charge is 2.13. The average Bonchev–Trinajstić information content (AvgIpc) is 2.91. The van der Waals surface area contributed by atoms with E-state index >= 15 is 0 Å². The second kappa shape index (κ2) is 6.35. The Bertz CT molecular complexity index is 402. The highest BCUT2D eigenvalue weighted by molar-refractivity contribution is 5.76. The highest BCUT2D eigenvalue weighted by Crippen LogP contribution is 2.18. The highest BCUT2D eigenvalue weighted by atomic mass is 16.1. The van der Waals surface area contributed by atoms with Crippen molar-refractivity contribution in [3.8, 4) is 0 Å². The van der Waals surface area contributed by atoms with Crippen LogP contribution >= 0.6 is 0 Å². The van der Waals surface area contributed by atoms with Crippen LogP contribution in [0.5, 0.6) is 0 Å². The van der Waals surface area contributed by atoms with Crippen molar-refractivity contribution in [1.29, 1.82) is 0 Å². The molecule has 1 amide bonds. The zero-order valence-corrected chi connectivity index (χ0v) is 10.6. The van der Waals surface area contributed by atoms with Crippen LogP contribution in [0.2, 0.25) is 0 Å². The zero-order chi connectivity index (χ0) is 12.8. The van der Waals surface area contributed by atoms with Crippen molar-refractivity contribution >= 4 is 11.7 Å². The number of carbonyl (C=O) groups excluding carboxylic acids is 1. The summed E-state index contributed by atoms with van der Waals surface area (Å²) in [5.74, 6) is 1.01. The summed E-state index contributed by atoms with van der Waals surface area (Å²) in [4.78, 5) is 18.0. The second-order valence-electron chi connectivity index (χ2n) is 4.53. The number of rotatable bonds is 5. The molecular formula is C13H20N4O. The van der Waals surface area contributed by atoms with E-state index in [4.69, 9.17) is 5.73 Å². The lowest BCUT2D eigenvalue weighted by atomic mass is 10.2. The van der Waals surface area contributed by atoms with E-state index < -0.39 is 0 Å². The van der Waals surface area contributed by atoms with Crippen molar-refractivity contribution in [2.45, 2.75) is 25.8 Å². The monoisotopic (exact) mass is 248 g/mol. The van der Waals surface area contributed by atoms with Crippen LogP contribution in [0, 0.1) is 0 Å². The molecule has 1 saturated heterocycles. The van der Waals surface area contributed by atoms with Crippen molar-refractivity contribution in [3.63, 3.8) is 0 Å². The molecule has 3 N–H and O–H groups in total. The van der Waals surface area contributed by atoms with E-state index in [2.05, 4.69) is 15.2 Å². The molecule has 0 unspecified atom stereocenters. The molecule has 5 heteroatoms. The quantitative estimate of drug-likeness (QED) is 0.802. The van der Waals surface area contributed by atoms with Crippen molar-refractivity contribution in [1.82, 2.24) is 10.3 Å². The molecule has 0 aliphatic carbocycles. The van der Waals surface area contributed by atoms with Gasteiger partial charge in [0.15, 0.2) is 0 Å². The largest absolute Gasteiger partial charge is 0.357 e. The van der Waals surface area contributed by atoms with Crippen molar-refractivity contribution < 1.29 is 4.79 Å². The van der Waals surface area contributed by atoms with E-state index in [9.17, 15) is 4.79 Å². The van der Waals surface area contributed by atoms with E-state index in [1.807, 2.05) is 12.1 Å². The van der Waals surface area contributed by atoms with E-state index in [0.717, 1.165) is 24.5 Å². The average molecular weight is 248 g/mol. The van der Waals surface area contributed by atoms with Crippen LogP contribution < -0.4 is 16.0 Å². The predicted molar refractivity (Wildman–Crippen MR) is 71.2 cm³/mol. The molecule has 1 fully saturated rings. The number of hydrogen-bond donors (Lipinski definition) is 2. The minimum atomic E-state index is -0.00275. The summed E-state index contributed by atoms with van der Waals surface area (Å²) in [7, 11) is 0. The Labute approximate surface area is 107 Å². The van der Waals surface area contributed by atoms with E-state index in [1.165, 1.54) is 12.8 Å². The topological polar surface area (TPSA) is 71.2 Å². The second-order valence-corrected chi connectivity index (χ2v) is 4.53. The molecule has 0 radical (unpaired) electrons. The molecule has 0 bridgehead atoms. The van der Waals surface area contributed by atoms with E-state index in [0.29, 0.717) is 19.5 Å². The molecular weight excluding hydrogens is 228 g/mol. The third-order valence-electron chi connectivity index (χ3n) is 3.10. The van der Waals surface area contributed by atoms with Gasteiger partial charge in [0.25, 0.3) is 0 Å². The van der Waals surface area contributed by atoms with Gasteiger partial charge in [0.2, 0.25) is 5.91 Å². The molecule has 1 aromatic heterocycles. The standard InChI is InChI=1S/C13H20N4O/c14-5-3-13(18)16-10-11-4-6-15-12(9-11)17-7-1-2-8-17/h4,6,9H,1-3,5,7-8,10,14H2,(H,16,18). The van der Waals surface area contributed by atoms with Crippen molar-refractivity contribution in [2.75, 3.05) is 24.5 Å². The minimum Gasteiger partial charge on any atom is -0.357 e. The Morgan fingerprint density at radius 1 is 1.44 bits per heavy atom. The molecule has 5 nitrogen and oxygen atoms in total. The maximum Gasteiger partial charge on any atom is 0.221 e. The summed E-state index contributed by atoms with van der Waals surface area (Å²) in [5.41, 5.74) is 6.41. The Morgan fingerprint density at radius 2 is 2.22 bits per heavy atom. The minimum absolute atomic E-state index is 0.00275. The molecule has 2 heterocycles. The maximum absolute atomic E-state index is 11.3. The van der Waals surface area contributed by atoms with Crippen LogP contribution in [0.4, 0.5) is 5.82 Å². The molecule has 2 rings (SSSR count). The molecule has 18 heavy (non-hydrogen) atoms. The van der Waals surface area contributed by atoms with Gasteiger partial charge in [-0.1, -0.05) is 0 Å². The summed E-state index contributed by atoms with van der Waals surface area (Å²) in [6.07, 6.45) is 4.65. The van der Waals surface area contributed by atoms with Gasteiger partial charge in [-0.25, -0.2) is 4.98 Å². The number of amides is 1. The van der Waals surface area contributed by atoms with Crippen molar-refractivity contribution in [2.24, 2.45) is 5.73 Å². The van der Waals surface area contributed by atoms with Gasteiger partial charge < -0.3 is 16.0 Å². The van der Waals surface area contributed by atoms with Gasteiger partial charge in [-0.15, -0.1) is 0 Å². The summed E-state index contributed by atoms with van der Waals surface area (Å²) in [6.45, 7) is 3.09. The van der Waals surface area contributed by atoms with Gasteiger partial charge in [0.1, 0.15) is 5.82 Å². The van der Waals surface area contributed by atoms with E-state index in [-0.39, 0.29) is 5.91 Å². The Balaban J connectivity index is 1.92. The molecule has 0 spiro atoms. The first-order valence-electron chi connectivity index (χ1n) is 6.46. The third-order valence-corrected chi connectivity index (χ3v) is 3.10. The SMILES string of the molecule is NCCC(=O)NCc1ccnc(N2CCCC2)c1. The van der Waals surface area contributed by atoms with Crippen LogP contribution in [0.1, 0.15) is 24.8 Å². The first kappa shape index (κ1) is 12.8. The molecule has 1 aromatic rings. The smallest absolute Gasteiger partial charge is 0.221 e. The number of aromatic nitrogens is 1. The summed E-state index contributed by atoms with van der Waals surface area (Å²) in [6, 6.07) is 3.98. The molecule has 0 atom stereocenters. The fourth-order valence-electron chi connectivity index (χ4n) is 2.11. The van der Waals surface area contributed by atoms with Crippen LogP contribution in [-0.2, 0) is 11.3 Å². The number of nitrogens with one attached hydrogen (secondary N) is 1. The van der Waals surface area contributed by atoms with Crippen LogP contribution in [-0.4, -0.2) is 30.5 Å². The number of pyridine rings is 1. The lowest BCUT2D eigenvalue weighted by molar-refractivity contribution is -0.121. The number of nitrogens with two attached hydrogens (primary N) is 1. The predicted octanol–water partition coefficient (Wildman–Crippen LogP) is 0.647. The van der Waals surface area contributed by atoms with Gasteiger partial charge in [0.05, 0.1) is 0 Å². The lowest BCUT2D eigenvalue weighted by Gasteiger charge is -2.16. The zero-order valence-electron chi connectivity index (χ0n) is 10.6. The molecule has 1 aliphatic heterocycles. The van der Waals surface area contributed by atoms with Gasteiger partial charge in [-0.3, -0.25) is 4.79 Å². The third kappa shape index (κ3) is 3.43. The number of carbonyl (C=O) groups is 1. The molecule has 98 valence electrons. The first-order valence-corrected chi connectivity index (χ1v) is 6.46. The summed E-state index contributed by atoms with van der Waals surface area (Å²) >= 11 is 0. The first-order chi connectivity index (χ1) is 8.79. The fourth-order valence-corrected chi connectivity index (χ4v) is 2.11. The lowest BCUT2D eigenvalue weighted by Crippen LogP contribution is -2.25. The van der Waals surface area contributed by atoms with Gasteiger partial charge in [-0.05, 0) is 30.5 Å². The number of nitrogens with zero attached hydrogens (tertiary/aromatic N) is 2.